The molecule has 0 aliphatic carbocycles. The fourth-order valence-electron chi connectivity index (χ4n) is 5.68. The number of hydrogen-bond acceptors (Lipinski definition) is 35. The van der Waals surface area contributed by atoms with Gasteiger partial charge >= 0.3 is 0 Å². The zero-order chi connectivity index (χ0) is 55.8. The van der Waals surface area contributed by atoms with E-state index in [1.165, 1.54) is 0 Å². The van der Waals surface area contributed by atoms with Crippen molar-refractivity contribution in [2.75, 3.05) is 59.5 Å². The first-order chi connectivity index (χ1) is 33.0. The summed E-state index contributed by atoms with van der Waals surface area (Å²) in [5.74, 6) is -2.16. The molecule has 0 aromatic carbocycles. The van der Waals surface area contributed by atoms with Crippen molar-refractivity contribution in [3.8, 4) is 0 Å². The number of hydrogen-bond donors (Lipinski definition) is 30. The van der Waals surface area contributed by atoms with E-state index in [2.05, 4.69) is 4.74 Å². The third kappa shape index (κ3) is 21.5. The predicted molar refractivity (Wildman–Crippen MR) is 218 cm³/mol. The molecule has 26 atom stereocenters. The molecule has 35 heteroatoms. The topological polar surface area (TPSA) is 661 Å². The van der Waals surface area contributed by atoms with Crippen LogP contribution in [-0.2, 0) is 23.7 Å². The highest BCUT2D eigenvalue weighted by Gasteiger charge is 2.53. The molecule has 0 radical (unpaired) electrons. The van der Waals surface area contributed by atoms with E-state index in [0.717, 1.165) is 0 Å². The first-order valence-corrected chi connectivity index (χ1v) is 20.9. The van der Waals surface area contributed by atoms with E-state index < -0.39 is 218 Å². The molecule has 0 saturated carbocycles. The lowest BCUT2D eigenvalue weighted by molar-refractivity contribution is -0.355. The Kier molecular flexibility index (Phi) is 35.7. The van der Waals surface area contributed by atoms with Crippen LogP contribution in [0.25, 0.3) is 0 Å². The Morgan fingerprint density at radius 3 is 1.10 bits per heavy atom. The lowest BCUT2D eigenvalue weighted by atomic mass is 9.97. The standard InChI is InChI=1S/C12H22O11.C6H12O6.2C6H14O6.C6H12O6/c13-1-3-5(15)6(16)9(19)12(22-3)23-10-4(2-14)21-11(20)8(18)7(10)17;7-1-3-4(9)5(10)6(11,2-8)12-3;3*7-1-3(9)5(11)6(12)4(10)2-8/h3-20H,1-2H2;3-5,7-11H,1-2H2;2*3-12H,1-2H2;1,3-6,8-12H,2H2/t3-,4-,5+,6+,7-,8-,9-,10-,11-,12+;3-,4-,5+,6-;3-,4+,5-,6-;3-,4-,5-,6-;3-,4+,5+,6+/m11110/s1. The van der Waals surface area contributed by atoms with Crippen LogP contribution >= 0.6 is 0 Å². The minimum atomic E-state index is -2.16. The number of aldehydes is 1. The van der Waals surface area contributed by atoms with Gasteiger partial charge in [0.05, 0.1) is 59.5 Å². The Morgan fingerprint density at radius 1 is 0.437 bits per heavy atom. The average molecular weight is 1070 g/mol. The summed E-state index contributed by atoms with van der Waals surface area (Å²) in [5, 5.41) is 269. The van der Waals surface area contributed by atoms with E-state index >= 15 is 0 Å². The molecule has 3 aliphatic heterocycles. The molecule has 3 fully saturated rings. The smallest absolute Gasteiger partial charge is 0.219 e. The molecule has 71 heavy (non-hydrogen) atoms. The number of ether oxygens (including phenoxy) is 4. The van der Waals surface area contributed by atoms with Gasteiger partial charge in [-0.2, -0.15) is 0 Å². The second kappa shape index (κ2) is 35.5. The SMILES string of the molecule is O=C[C@H](O)[C@@H](O)[C@H](O)[C@H](O)CO.OC[C@@H](O)[C@@H](O)[C@H](O)[C@@H](O)CO.OC[C@@H](O)[C@@H](O)[C@H](O)[C@H](O)CO.OC[C@H]1O[C@@H](O[C@H]2[C@H](O)[C@@H](O)[C@H](O)O[C@@H]2CO)[C@H](O)[C@@H](O)[C@H]1O.OC[C@H]1O[C@](O)(CO)[C@@H](O)[C@@H]1O. The monoisotopic (exact) mass is 1070 g/mol. The fourth-order valence-corrected chi connectivity index (χ4v) is 5.68. The highest BCUT2D eigenvalue weighted by molar-refractivity contribution is 5.56. The van der Waals surface area contributed by atoms with Crippen molar-refractivity contribution in [1.29, 1.82) is 0 Å². The zero-order valence-corrected chi connectivity index (χ0v) is 37.3. The maximum Gasteiger partial charge on any atom is 0.219 e. The van der Waals surface area contributed by atoms with Gasteiger partial charge in [0, 0.05) is 0 Å². The van der Waals surface area contributed by atoms with Gasteiger partial charge in [0.25, 0.3) is 0 Å². The summed E-state index contributed by atoms with van der Waals surface area (Å²) < 4.78 is 19.9. The molecule has 0 bridgehead atoms. The number of aliphatic hydroxyl groups excluding tert-OH is 29. The lowest BCUT2D eigenvalue weighted by Crippen LogP contribution is -2.64. The normalized spacial score (nSPS) is 35.7. The van der Waals surface area contributed by atoms with Gasteiger partial charge in [0.15, 0.2) is 18.9 Å². The largest absolute Gasteiger partial charge is 0.394 e. The van der Waals surface area contributed by atoms with Crippen LogP contribution in [0.4, 0.5) is 0 Å². The maximum atomic E-state index is 9.94. The Morgan fingerprint density at radius 2 is 0.803 bits per heavy atom. The van der Waals surface area contributed by atoms with E-state index in [9.17, 15) is 45.6 Å². The molecular formula is C36H74O35. The maximum absolute atomic E-state index is 9.94. The first kappa shape index (κ1) is 71.4. The van der Waals surface area contributed by atoms with Gasteiger partial charge in [-0.15, -0.1) is 0 Å². The second-order valence-electron chi connectivity index (χ2n) is 15.6. The number of rotatable bonds is 21. The van der Waals surface area contributed by atoms with E-state index in [0.29, 0.717) is 0 Å². The molecule has 3 saturated heterocycles. The molecule has 3 heterocycles. The molecular weight excluding hydrogens is 992 g/mol. The highest BCUT2D eigenvalue weighted by atomic mass is 16.7. The Bertz CT molecular complexity index is 1290. The van der Waals surface area contributed by atoms with Crippen LogP contribution in [0.3, 0.4) is 0 Å². The van der Waals surface area contributed by atoms with Crippen LogP contribution in [0.5, 0.6) is 0 Å². The van der Waals surface area contributed by atoms with Crippen molar-refractivity contribution < 1.29 is 177 Å². The number of aliphatic hydroxyl groups is 30. The van der Waals surface area contributed by atoms with Crippen molar-refractivity contribution in [1.82, 2.24) is 0 Å². The van der Waals surface area contributed by atoms with E-state index in [1.54, 1.807) is 0 Å². The molecule has 428 valence electrons. The van der Waals surface area contributed by atoms with Gasteiger partial charge in [-0.1, -0.05) is 0 Å². The Hall–Kier alpha value is -1.69. The van der Waals surface area contributed by atoms with Crippen LogP contribution in [0.1, 0.15) is 0 Å². The van der Waals surface area contributed by atoms with Gasteiger partial charge in [0.2, 0.25) is 5.79 Å². The Balaban J connectivity index is 0. The number of carbonyl (C=O) groups is 1. The molecule has 35 nitrogen and oxygen atoms in total. The highest BCUT2D eigenvalue weighted by Crippen LogP contribution is 2.30. The summed E-state index contributed by atoms with van der Waals surface area (Å²) in [5.41, 5.74) is 0. The molecule has 30 N–H and O–H groups in total. The van der Waals surface area contributed by atoms with Gasteiger partial charge in [-0.05, 0) is 0 Å². The Labute approximate surface area is 401 Å². The third-order valence-electron chi connectivity index (χ3n) is 10.4. The minimum Gasteiger partial charge on any atom is -0.394 e. The molecule has 0 unspecified atom stereocenters. The molecule has 3 rings (SSSR count). The van der Waals surface area contributed by atoms with E-state index in [1.807, 2.05) is 0 Å². The second-order valence-corrected chi connectivity index (χ2v) is 15.6. The average Bonchev–Trinajstić information content (AvgIpc) is 3.61. The number of carbonyl (C=O) groups excluding carboxylic acids is 1. The van der Waals surface area contributed by atoms with Crippen molar-refractivity contribution >= 4 is 6.29 Å². The van der Waals surface area contributed by atoms with Crippen molar-refractivity contribution in [2.45, 2.75) is 159 Å². The summed E-state index contributed by atoms with van der Waals surface area (Å²) in [6.45, 7) is -6.37. The van der Waals surface area contributed by atoms with Crippen LogP contribution in [0, 0.1) is 0 Å². The van der Waals surface area contributed by atoms with Gasteiger partial charge in [0.1, 0.15) is 140 Å². The first-order valence-electron chi connectivity index (χ1n) is 20.9. The summed E-state index contributed by atoms with van der Waals surface area (Å²) in [4.78, 5) is 9.90. The van der Waals surface area contributed by atoms with Crippen LogP contribution < -0.4 is 0 Å². The minimum absolute atomic E-state index is 0.0258. The molecule has 3 aliphatic rings. The van der Waals surface area contributed by atoms with Crippen molar-refractivity contribution in [3.05, 3.63) is 0 Å². The quantitative estimate of drug-likeness (QED) is 0.0475. The third-order valence-corrected chi connectivity index (χ3v) is 10.4. The molecule has 0 spiro atoms. The lowest BCUT2D eigenvalue weighted by Gasteiger charge is -2.45. The van der Waals surface area contributed by atoms with Crippen LogP contribution in [0.15, 0.2) is 0 Å². The van der Waals surface area contributed by atoms with Gasteiger partial charge in [-0.25, -0.2) is 0 Å². The zero-order valence-electron chi connectivity index (χ0n) is 37.3. The summed E-state index contributed by atoms with van der Waals surface area (Å²) >= 11 is 0. The van der Waals surface area contributed by atoms with Crippen LogP contribution in [0.2, 0.25) is 0 Å². The summed E-state index contributed by atoms with van der Waals surface area (Å²) in [7, 11) is 0. The molecule has 0 aromatic heterocycles. The summed E-state index contributed by atoms with van der Waals surface area (Å²) in [6, 6.07) is 0. The van der Waals surface area contributed by atoms with Crippen LogP contribution in [-0.4, -0.2) is 378 Å². The predicted octanol–water partition coefficient (Wildman–Crippen LogP) is -19.2. The van der Waals surface area contributed by atoms with Crippen molar-refractivity contribution in [2.24, 2.45) is 0 Å². The molecule has 0 amide bonds. The van der Waals surface area contributed by atoms with E-state index in [4.69, 9.17) is 127 Å². The van der Waals surface area contributed by atoms with Gasteiger partial charge < -0.3 is 177 Å². The van der Waals surface area contributed by atoms with Gasteiger partial charge in [-0.3, -0.25) is 0 Å². The molecule has 0 aromatic rings. The fraction of sp³-hybridized carbons (Fsp3) is 0.972. The van der Waals surface area contributed by atoms with E-state index in [-0.39, 0.29) is 6.29 Å². The van der Waals surface area contributed by atoms with Crippen molar-refractivity contribution in [3.63, 3.8) is 0 Å². The summed E-state index contributed by atoms with van der Waals surface area (Å²) in [6.07, 6.45) is -39.2.